The van der Waals surface area contributed by atoms with Gasteiger partial charge in [0.25, 0.3) is 0 Å². The lowest BCUT2D eigenvalue weighted by molar-refractivity contribution is 1.08. The summed E-state index contributed by atoms with van der Waals surface area (Å²) in [5.41, 5.74) is -0.879. The normalized spacial score (nSPS) is 10.3. The smallest absolute Gasteiger partial charge is 0.299 e. The van der Waals surface area contributed by atoms with Crippen LogP contribution >= 0.6 is 0 Å². The summed E-state index contributed by atoms with van der Waals surface area (Å²) >= 11 is 0. The van der Waals surface area contributed by atoms with Crippen molar-refractivity contribution < 1.29 is 0 Å². The van der Waals surface area contributed by atoms with Crippen molar-refractivity contribution in [3.05, 3.63) is 33.1 Å². The molecule has 2 aromatic heterocycles. The maximum atomic E-state index is 10.8. The molecule has 6 heteroatoms. The van der Waals surface area contributed by atoms with Crippen molar-refractivity contribution in [1.82, 2.24) is 19.9 Å². The Labute approximate surface area is 65.3 Å². The first-order valence-corrected chi connectivity index (χ1v) is 3.21. The van der Waals surface area contributed by atoms with E-state index in [2.05, 4.69) is 19.9 Å². The van der Waals surface area contributed by atoms with Gasteiger partial charge in [0.15, 0.2) is 11.3 Å². The SMILES string of the molecule is O=c1[nH]c2nccnc2[nH]c1=O. The molecule has 0 aliphatic rings. The molecule has 0 radical (unpaired) electrons. The number of nitrogens with zero attached hydrogens (tertiary/aromatic N) is 2. The van der Waals surface area contributed by atoms with Crippen LogP contribution in [0.25, 0.3) is 11.3 Å². The van der Waals surface area contributed by atoms with Gasteiger partial charge in [0.1, 0.15) is 0 Å². The summed E-state index contributed by atoms with van der Waals surface area (Å²) in [7, 11) is 0. The molecule has 2 heterocycles. The van der Waals surface area contributed by atoms with Gasteiger partial charge in [-0.1, -0.05) is 0 Å². The van der Waals surface area contributed by atoms with Gasteiger partial charge in [-0.15, -0.1) is 0 Å². The molecule has 2 aromatic rings. The minimum absolute atomic E-state index is 0.280. The first-order valence-electron chi connectivity index (χ1n) is 3.21. The molecule has 0 saturated heterocycles. The van der Waals surface area contributed by atoms with Gasteiger partial charge in [0, 0.05) is 12.4 Å². The molecule has 2 N–H and O–H groups in total. The first-order chi connectivity index (χ1) is 5.77. The van der Waals surface area contributed by atoms with Gasteiger partial charge < -0.3 is 0 Å². The highest BCUT2D eigenvalue weighted by Gasteiger charge is 1.98. The summed E-state index contributed by atoms with van der Waals surface area (Å²) in [5.74, 6) is 0. The largest absolute Gasteiger partial charge is 0.315 e. The second kappa shape index (κ2) is 2.26. The van der Waals surface area contributed by atoms with Gasteiger partial charge in [-0.2, -0.15) is 0 Å². The Balaban J connectivity index is 3.03. The van der Waals surface area contributed by atoms with E-state index in [0.29, 0.717) is 0 Å². The predicted molar refractivity (Wildman–Crippen MR) is 40.8 cm³/mol. The van der Waals surface area contributed by atoms with E-state index in [4.69, 9.17) is 0 Å². The maximum Gasteiger partial charge on any atom is 0.315 e. The molecule has 12 heavy (non-hydrogen) atoms. The van der Waals surface area contributed by atoms with Crippen LogP contribution in [-0.4, -0.2) is 19.9 Å². The van der Waals surface area contributed by atoms with Crippen LogP contribution < -0.4 is 11.1 Å². The summed E-state index contributed by atoms with van der Waals surface area (Å²) in [5, 5.41) is 0. The van der Waals surface area contributed by atoms with E-state index in [-0.39, 0.29) is 11.3 Å². The molecule has 0 aliphatic carbocycles. The Morgan fingerprint density at radius 2 is 1.33 bits per heavy atom. The van der Waals surface area contributed by atoms with E-state index in [0.717, 1.165) is 0 Å². The van der Waals surface area contributed by atoms with Crippen molar-refractivity contribution in [2.24, 2.45) is 0 Å². The minimum Gasteiger partial charge on any atom is -0.299 e. The number of hydrogen-bond donors (Lipinski definition) is 2. The Hall–Kier alpha value is -1.98. The average Bonchev–Trinajstić information content (AvgIpc) is 2.07. The molecule has 0 amide bonds. The molecule has 0 aliphatic heterocycles. The Kier molecular flexibility index (Phi) is 1.26. The second-order valence-electron chi connectivity index (χ2n) is 2.16. The molecule has 0 aromatic carbocycles. The first kappa shape index (κ1) is 6.71. The Morgan fingerprint density at radius 3 is 1.75 bits per heavy atom. The molecular formula is C6H4N4O2. The second-order valence-corrected chi connectivity index (χ2v) is 2.16. The number of H-pyrrole nitrogens is 2. The zero-order valence-corrected chi connectivity index (χ0v) is 5.87. The van der Waals surface area contributed by atoms with Crippen LogP contribution in [0.5, 0.6) is 0 Å². The Bertz CT molecular complexity index is 478. The third-order valence-electron chi connectivity index (χ3n) is 1.37. The number of hydrogen-bond acceptors (Lipinski definition) is 4. The van der Waals surface area contributed by atoms with Crippen LogP contribution in [0.2, 0.25) is 0 Å². The predicted octanol–water partition coefficient (Wildman–Crippen LogP) is -0.994. The summed E-state index contributed by atoms with van der Waals surface area (Å²) in [6.07, 6.45) is 2.85. The summed E-state index contributed by atoms with van der Waals surface area (Å²) in [4.78, 5) is 33.7. The van der Waals surface area contributed by atoms with E-state index >= 15 is 0 Å². The van der Waals surface area contributed by atoms with Crippen LogP contribution in [0.4, 0.5) is 0 Å². The summed E-state index contributed by atoms with van der Waals surface area (Å²) < 4.78 is 0. The van der Waals surface area contributed by atoms with Gasteiger partial charge in [0.05, 0.1) is 0 Å². The number of fused-ring (bicyclic) bond motifs is 1. The van der Waals surface area contributed by atoms with Gasteiger partial charge in [0.2, 0.25) is 0 Å². The van der Waals surface area contributed by atoms with Crippen LogP contribution in [0, 0.1) is 0 Å². The third kappa shape index (κ3) is 0.895. The van der Waals surface area contributed by atoms with Gasteiger partial charge in [-0.25, -0.2) is 9.97 Å². The zero-order valence-electron chi connectivity index (χ0n) is 5.87. The molecule has 0 bridgehead atoms. The van der Waals surface area contributed by atoms with Crippen molar-refractivity contribution >= 4 is 11.3 Å². The average molecular weight is 164 g/mol. The molecule has 0 unspecified atom stereocenters. The van der Waals surface area contributed by atoms with Crippen LogP contribution in [0.15, 0.2) is 22.0 Å². The fourth-order valence-corrected chi connectivity index (χ4v) is 0.850. The fraction of sp³-hybridized carbons (Fsp3) is 0. The standard InChI is InChI=1S/C6H4N4O2/c11-5-6(12)10-4-3(9-5)7-1-2-8-4/h1-2H,(H,7,9,11)(H,8,10,12). The fourth-order valence-electron chi connectivity index (χ4n) is 0.850. The van der Waals surface area contributed by atoms with Crippen LogP contribution in [0.3, 0.4) is 0 Å². The topological polar surface area (TPSA) is 91.5 Å². The van der Waals surface area contributed by atoms with E-state index in [9.17, 15) is 9.59 Å². The molecule has 0 atom stereocenters. The summed E-state index contributed by atoms with van der Waals surface area (Å²) in [6, 6.07) is 0. The third-order valence-corrected chi connectivity index (χ3v) is 1.37. The van der Waals surface area contributed by atoms with Crippen molar-refractivity contribution in [3.8, 4) is 0 Å². The molecule has 0 saturated carbocycles. The number of nitrogens with one attached hydrogen (secondary N) is 2. The zero-order chi connectivity index (χ0) is 8.55. The molecule has 0 spiro atoms. The molecule has 6 nitrogen and oxygen atoms in total. The van der Waals surface area contributed by atoms with Crippen molar-refractivity contribution in [2.45, 2.75) is 0 Å². The van der Waals surface area contributed by atoms with E-state index in [1.54, 1.807) is 0 Å². The highest BCUT2D eigenvalue weighted by molar-refractivity contribution is 5.62. The van der Waals surface area contributed by atoms with E-state index in [1.165, 1.54) is 12.4 Å². The van der Waals surface area contributed by atoms with Gasteiger partial charge in [-0.3, -0.25) is 19.6 Å². The summed E-state index contributed by atoms with van der Waals surface area (Å²) in [6.45, 7) is 0. The monoisotopic (exact) mass is 164 g/mol. The van der Waals surface area contributed by atoms with Gasteiger partial charge in [-0.05, 0) is 0 Å². The lowest BCUT2D eigenvalue weighted by Gasteiger charge is -1.91. The van der Waals surface area contributed by atoms with Crippen LogP contribution in [-0.2, 0) is 0 Å². The quantitative estimate of drug-likeness (QED) is 0.489. The van der Waals surface area contributed by atoms with Crippen molar-refractivity contribution in [3.63, 3.8) is 0 Å². The van der Waals surface area contributed by atoms with E-state index < -0.39 is 11.1 Å². The number of rotatable bonds is 0. The van der Waals surface area contributed by atoms with Crippen LogP contribution in [0.1, 0.15) is 0 Å². The number of aromatic amines is 2. The minimum atomic E-state index is -0.719. The highest BCUT2D eigenvalue weighted by atomic mass is 16.2. The Morgan fingerprint density at radius 1 is 0.917 bits per heavy atom. The molecule has 0 fully saturated rings. The lowest BCUT2D eigenvalue weighted by Crippen LogP contribution is -2.29. The number of aromatic nitrogens is 4. The lowest BCUT2D eigenvalue weighted by atomic mass is 10.6. The van der Waals surface area contributed by atoms with Crippen molar-refractivity contribution in [1.29, 1.82) is 0 Å². The van der Waals surface area contributed by atoms with E-state index in [1.807, 2.05) is 0 Å². The van der Waals surface area contributed by atoms with Gasteiger partial charge >= 0.3 is 11.1 Å². The molecule has 60 valence electrons. The van der Waals surface area contributed by atoms with Crippen molar-refractivity contribution in [2.75, 3.05) is 0 Å². The maximum absolute atomic E-state index is 10.8. The molecular weight excluding hydrogens is 160 g/mol. The highest BCUT2D eigenvalue weighted by Crippen LogP contribution is 1.92. The molecule has 2 rings (SSSR count).